The molecule has 1 atom stereocenters. The maximum Gasteiger partial charge on any atom is 0.272 e. The van der Waals surface area contributed by atoms with Crippen molar-refractivity contribution in [2.45, 2.75) is 19.9 Å². The Kier molecular flexibility index (Phi) is 6.70. The molecule has 0 unspecified atom stereocenters. The fraction of sp³-hybridized carbons (Fsp3) is 0.385. The third-order valence-electron chi connectivity index (χ3n) is 2.60. The van der Waals surface area contributed by atoms with E-state index in [0.29, 0.717) is 22.8 Å². The van der Waals surface area contributed by atoms with Crippen molar-refractivity contribution in [1.82, 2.24) is 10.7 Å². The van der Waals surface area contributed by atoms with Gasteiger partial charge in [0.15, 0.2) is 5.11 Å². The summed E-state index contributed by atoms with van der Waals surface area (Å²) in [7, 11) is 1.61. The van der Waals surface area contributed by atoms with Gasteiger partial charge >= 0.3 is 0 Å². The molecular formula is C13H18N4O3S. The standard InChI is InChI=1S/C13H18N4O3S/c1-9-4-5-11(6-12(9)17(18)19)7-14-16-13(21)15-10(2)8-20-3/h4-7,10H,8H2,1-3H3,(H2,15,16,21)/b14-7-/t10-/m1/s1. The molecule has 0 saturated heterocycles. The molecule has 0 heterocycles. The van der Waals surface area contributed by atoms with Crippen LogP contribution in [-0.2, 0) is 4.74 Å². The summed E-state index contributed by atoms with van der Waals surface area (Å²) in [4.78, 5) is 10.4. The fourth-order valence-electron chi connectivity index (χ4n) is 1.62. The first kappa shape index (κ1) is 17.0. The molecular weight excluding hydrogens is 292 g/mol. The smallest absolute Gasteiger partial charge is 0.272 e. The van der Waals surface area contributed by atoms with Crippen LogP contribution in [0.2, 0.25) is 0 Å². The van der Waals surface area contributed by atoms with Gasteiger partial charge in [0.05, 0.1) is 17.7 Å². The Morgan fingerprint density at radius 3 is 2.95 bits per heavy atom. The van der Waals surface area contributed by atoms with E-state index in [9.17, 15) is 10.1 Å². The molecule has 8 heteroatoms. The van der Waals surface area contributed by atoms with Gasteiger partial charge < -0.3 is 10.1 Å². The van der Waals surface area contributed by atoms with E-state index in [1.54, 1.807) is 26.2 Å². The Balaban J connectivity index is 2.59. The highest BCUT2D eigenvalue weighted by molar-refractivity contribution is 7.80. The second-order valence-corrected chi connectivity index (χ2v) is 4.91. The summed E-state index contributed by atoms with van der Waals surface area (Å²) >= 11 is 5.05. The molecule has 1 aromatic carbocycles. The van der Waals surface area contributed by atoms with Crippen LogP contribution in [0.3, 0.4) is 0 Å². The number of thiocarbonyl (C=S) groups is 1. The Bertz CT molecular complexity index is 548. The average molecular weight is 310 g/mol. The lowest BCUT2D eigenvalue weighted by Gasteiger charge is -2.13. The van der Waals surface area contributed by atoms with Gasteiger partial charge in [0, 0.05) is 30.3 Å². The Morgan fingerprint density at radius 2 is 2.33 bits per heavy atom. The lowest BCUT2D eigenvalue weighted by Crippen LogP contribution is -2.40. The lowest BCUT2D eigenvalue weighted by atomic mass is 10.1. The van der Waals surface area contributed by atoms with E-state index in [4.69, 9.17) is 17.0 Å². The Labute approximate surface area is 128 Å². The zero-order valence-corrected chi connectivity index (χ0v) is 12.9. The molecule has 1 aromatic rings. The van der Waals surface area contributed by atoms with E-state index in [0.717, 1.165) is 0 Å². The molecule has 0 bridgehead atoms. The summed E-state index contributed by atoms with van der Waals surface area (Å²) in [5.74, 6) is 0. The number of methoxy groups -OCH3 is 1. The van der Waals surface area contributed by atoms with Crippen molar-refractivity contribution in [2.24, 2.45) is 5.10 Å². The molecule has 0 saturated carbocycles. The monoisotopic (exact) mass is 310 g/mol. The third kappa shape index (κ3) is 5.84. The summed E-state index contributed by atoms with van der Waals surface area (Å²) in [5, 5.41) is 18.1. The molecule has 0 aliphatic rings. The summed E-state index contributed by atoms with van der Waals surface area (Å²) in [5.41, 5.74) is 3.94. The van der Waals surface area contributed by atoms with E-state index >= 15 is 0 Å². The maximum atomic E-state index is 10.8. The molecule has 0 amide bonds. The summed E-state index contributed by atoms with van der Waals surface area (Å²) in [6.45, 7) is 4.13. The van der Waals surface area contributed by atoms with Crippen molar-refractivity contribution in [2.75, 3.05) is 13.7 Å². The van der Waals surface area contributed by atoms with Gasteiger partial charge in [0.25, 0.3) is 5.69 Å². The Hall–Kier alpha value is -2.06. The van der Waals surface area contributed by atoms with E-state index in [-0.39, 0.29) is 11.7 Å². The van der Waals surface area contributed by atoms with Gasteiger partial charge in [-0.1, -0.05) is 12.1 Å². The number of hydrogen-bond donors (Lipinski definition) is 2. The van der Waals surface area contributed by atoms with Crippen molar-refractivity contribution in [3.8, 4) is 0 Å². The van der Waals surface area contributed by atoms with Gasteiger partial charge in [-0.05, 0) is 26.1 Å². The van der Waals surface area contributed by atoms with Crippen LogP contribution in [0, 0.1) is 17.0 Å². The molecule has 0 fully saturated rings. The van der Waals surface area contributed by atoms with E-state index in [2.05, 4.69) is 15.8 Å². The van der Waals surface area contributed by atoms with Crippen LogP contribution in [0.15, 0.2) is 23.3 Å². The van der Waals surface area contributed by atoms with E-state index < -0.39 is 4.92 Å². The number of nitrogens with zero attached hydrogens (tertiary/aromatic N) is 2. The number of hydrogen-bond acceptors (Lipinski definition) is 5. The minimum absolute atomic E-state index is 0.0608. The predicted octanol–water partition coefficient (Wildman–Crippen LogP) is 1.74. The topological polar surface area (TPSA) is 88.8 Å². The zero-order chi connectivity index (χ0) is 15.8. The number of nitro groups is 1. The van der Waals surface area contributed by atoms with Gasteiger partial charge in [-0.2, -0.15) is 5.10 Å². The molecule has 0 aliphatic carbocycles. The summed E-state index contributed by atoms with van der Waals surface area (Å²) in [6.07, 6.45) is 1.47. The fourth-order valence-corrected chi connectivity index (χ4v) is 1.87. The second kappa shape index (κ2) is 8.28. The minimum atomic E-state index is -0.418. The number of nitrogens with one attached hydrogen (secondary N) is 2. The molecule has 0 radical (unpaired) electrons. The largest absolute Gasteiger partial charge is 0.383 e. The molecule has 7 nitrogen and oxygen atoms in total. The zero-order valence-electron chi connectivity index (χ0n) is 12.1. The van der Waals surface area contributed by atoms with Crippen LogP contribution < -0.4 is 10.7 Å². The highest BCUT2D eigenvalue weighted by Gasteiger charge is 2.09. The van der Waals surface area contributed by atoms with Gasteiger partial charge in [-0.25, -0.2) is 0 Å². The average Bonchev–Trinajstić information content (AvgIpc) is 2.40. The van der Waals surface area contributed by atoms with Crippen LogP contribution in [-0.4, -0.2) is 36.0 Å². The van der Waals surface area contributed by atoms with Crippen LogP contribution in [0.1, 0.15) is 18.1 Å². The lowest BCUT2D eigenvalue weighted by molar-refractivity contribution is -0.385. The van der Waals surface area contributed by atoms with Crippen LogP contribution in [0.4, 0.5) is 5.69 Å². The summed E-state index contributed by atoms with van der Waals surface area (Å²) < 4.78 is 4.97. The highest BCUT2D eigenvalue weighted by Crippen LogP contribution is 2.18. The van der Waals surface area contributed by atoms with Gasteiger partial charge in [0.1, 0.15) is 0 Å². The molecule has 0 spiro atoms. The number of nitro benzene ring substituents is 1. The number of ether oxygens (including phenoxy) is 1. The van der Waals surface area contributed by atoms with Crippen LogP contribution >= 0.6 is 12.2 Å². The van der Waals surface area contributed by atoms with Crippen molar-refractivity contribution in [3.63, 3.8) is 0 Å². The molecule has 0 aromatic heterocycles. The Morgan fingerprint density at radius 1 is 1.62 bits per heavy atom. The quantitative estimate of drug-likeness (QED) is 0.360. The molecule has 1 rings (SSSR count). The predicted molar refractivity (Wildman–Crippen MR) is 85.6 cm³/mol. The minimum Gasteiger partial charge on any atom is -0.383 e. The normalized spacial score (nSPS) is 12.1. The first-order valence-electron chi connectivity index (χ1n) is 6.27. The maximum absolute atomic E-state index is 10.8. The van der Waals surface area contributed by atoms with Gasteiger partial charge in [-0.3, -0.25) is 15.5 Å². The first-order chi connectivity index (χ1) is 9.93. The number of hydrazone groups is 1. The van der Waals surface area contributed by atoms with Crippen molar-refractivity contribution in [3.05, 3.63) is 39.4 Å². The number of benzene rings is 1. The van der Waals surface area contributed by atoms with E-state index in [1.165, 1.54) is 12.3 Å². The van der Waals surface area contributed by atoms with Crippen molar-refractivity contribution in [1.29, 1.82) is 0 Å². The second-order valence-electron chi connectivity index (χ2n) is 4.50. The molecule has 2 N–H and O–H groups in total. The van der Waals surface area contributed by atoms with E-state index in [1.807, 2.05) is 6.92 Å². The van der Waals surface area contributed by atoms with Crippen molar-refractivity contribution >= 4 is 29.2 Å². The number of rotatable bonds is 6. The van der Waals surface area contributed by atoms with Crippen LogP contribution in [0.5, 0.6) is 0 Å². The third-order valence-corrected chi connectivity index (χ3v) is 2.81. The molecule has 0 aliphatic heterocycles. The SMILES string of the molecule is COC[C@@H](C)NC(=S)N/N=C\c1ccc(C)c([N+](=O)[O-])c1. The van der Waals surface area contributed by atoms with Gasteiger partial charge in [-0.15, -0.1) is 0 Å². The highest BCUT2D eigenvalue weighted by atomic mass is 32.1. The first-order valence-corrected chi connectivity index (χ1v) is 6.68. The molecule has 21 heavy (non-hydrogen) atoms. The molecule has 114 valence electrons. The number of aryl methyl sites for hydroxylation is 1. The summed E-state index contributed by atoms with van der Waals surface area (Å²) in [6, 6.07) is 4.95. The van der Waals surface area contributed by atoms with Crippen molar-refractivity contribution < 1.29 is 9.66 Å². The van der Waals surface area contributed by atoms with Crippen LogP contribution in [0.25, 0.3) is 0 Å². The van der Waals surface area contributed by atoms with Gasteiger partial charge in [0.2, 0.25) is 0 Å².